The number of hydrogen-bond acceptors (Lipinski definition) is 4. The van der Waals surface area contributed by atoms with Crippen LogP contribution in [0.4, 0.5) is 4.79 Å². The number of carbonyl (C=O) groups excluding carboxylic acids is 1. The van der Waals surface area contributed by atoms with E-state index in [9.17, 15) is 4.79 Å². The molecule has 1 fully saturated rings. The van der Waals surface area contributed by atoms with Crippen LogP contribution < -0.4 is 10.5 Å². The van der Waals surface area contributed by atoms with Crippen molar-refractivity contribution >= 4 is 6.09 Å². The van der Waals surface area contributed by atoms with E-state index in [2.05, 4.69) is 0 Å². The van der Waals surface area contributed by atoms with Crippen molar-refractivity contribution in [2.45, 2.75) is 6.54 Å². The van der Waals surface area contributed by atoms with E-state index in [1.54, 1.807) is 4.90 Å². The van der Waals surface area contributed by atoms with Crippen LogP contribution in [-0.4, -0.2) is 37.3 Å². The minimum Gasteiger partial charge on any atom is -0.492 e. The van der Waals surface area contributed by atoms with Crippen LogP contribution in [0.15, 0.2) is 24.3 Å². The van der Waals surface area contributed by atoms with Gasteiger partial charge in [0.05, 0.1) is 13.1 Å². The molecule has 1 aliphatic heterocycles. The van der Waals surface area contributed by atoms with E-state index < -0.39 is 0 Å². The zero-order valence-electron chi connectivity index (χ0n) is 9.59. The Balaban J connectivity index is 1.79. The molecule has 0 aliphatic carbocycles. The van der Waals surface area contributed by atoms with E-state index in [4.69, 9.17) is 15.2 Å². The highest BCUT2D eigenvalue weighted by molar-refractivity contribution is 5.69. The molecule has 0 radical (unpaired) electrons. The Morgan fingerprint density at radius 2 is 2.35 bits per heavy atom. The first kappa shape index (κ1) is 11.7. The minimum absolute atomic E-state index is 0.260. The Bertz CT molecular complexity index is 395. The Morgan fingerprint density at radius 1 is 1.47 bits per heavy atom. The van der Waals surface area contributed by atoms with Crippen LogP contribution >= 0.6 is 0 Å². The smallest absolute Gasteiger partial charge is 0.410 e. The van der Waals surface area contributed by atoms with Crippen LogP contribution in [0.2, 0.25) is 0 Å². The molecule has 1 aromatic rings. The molecule has 1 heterocycles. The van der Waals surface area contributed by atoms with Gasteiger partial charge in [-0.2, -0.15) is 0 Å². The van der Waals surface area contributed by atoms with E-state index in [0.717, 1.165) is 11.3 Å². The summed E-state index contributed by atoms with van der Waals surface area (Å²) in [6.45, 7) is 2.62. The van der Waals surface area contributed by atoms with Crippen molar-refractivity contribution in [3.05, 3.63) is 29.8 Å². The molecule has 0 spiro atoms. The zero-order chi connectivity index (χ0) is 12.1. The molecule has 1 amide bonds. The molecule has 1 aromatic carbocycles. The molecule has 1 saturated heterocycles. The van der Waals surface area contributed by atoms with Crippen LogP contribution in [-0.2, 0) is 11.3 Å². The Hall–Kier alpha value is -1.75. The minimum atomic E-state index is -0.260. The van der Waals surface area contributed by atoms with Crippen LogP contribution in [0.3, 0.4) is 0 Å². The zero-order valence-corrected chi connectivity index (χ0v) is 9.59. The lowest BCUT2D eigenvalue weighted by Gasteiger charge is -2.13. The van der Waals surface area contributed by atoms with Crippen molar-refractivity contribution in [3.63, 3.8) is 0 Å². The number of ether oxygens (including phenoxy) is 2. The van der Waals surface area contributed by atoms with E-state index in [1.165, 1.54) is 0 Å². The first-order valence-corrected chi connectivity index (χ1v) is 5.63. The van der Waals surface area contributed by atoms with Gasteiger partial charge in [-0.15, -0.1) is 0 Å². The summed E-state index contributed by atoms with van der Waals surface area (Å²) in [4.78, 5) is 12.8. The molecule has 17 heavy (non-hydrogen) atoms. The first-order chi connectivity index (χ1) is 8.29. The largest absolute Gasteiger partial charge is 0.492 e. The first-order valence-electron chi connectivity index (χ1n) is 5.63. The summed E-state index contributed by atoms with van der Waals surface area (Å²) in [5.41, 5.74) is 6.57. The SMILES string of the molecule is NCc1cccc(OCCN2CCOC2=O)c1. The second kappa shape index (κ2) is 5.54. The average molecular weight is 236 g/mol. The maximum Gasteiger partial charge on any atom is 0.410 e. The Morgan fingerprint density at radius 3 is 3.06 bits per heavy atom. The van der Waals surface area contributed by atoms with Crippen LogP contribution in [0.5, 0.6) is 5.75 Å². The van der Waals surface area contributed by atoms with Gasteiger partial charge in [-0.3, -0.25) is 0 Å². The third-order valence-electron chi connectivity index (χ3n) is 2.61. The molecule has 0 bridgehead atoms. The fraction of sp³-hybridized carbons (Fsp3) is 0.417. The predicted octanol–water partition coefficient (Wildman–Crippen LogP) is 0.976. The second-order valence-electron chi connectivity index (χ2n) is 3.80. The third-order valence-corrected chi connectivity index (χ3v) is 2.61. The summed E-state index contributed by atoms with van der Waals surface area (Å²) in [5, 5.41) is 0. The predicted molar refractivity (Wildman–Crippen MR) is 62.7 cm³/mol. The summed E-state index contributed by atoms with van der Waals surface area (Å²) in [6.07, 6.45) is -0.260. The Kier molecular flexibility index (Phi) is 3.82. The monoisotopic (exact) mass is 236 g/mol. The molecule has 0 atom stereocenters. The van der Waals surface area contributed by atoms with Crippen molar-refractivity contribution in [3.8, 4) is 5.75 Å². The van der Waals surface area contributed by atoms with E-state index in [-0.39, 0.29) is 6.09 Å². The maximum absolute atomic E-state index is 11.1. The molecule has 2 rings (SSSR count). The summed E-state index contributed by atoms with van der Waals surface area (Å²) in [7, 11) is 0. The molecular formula is C12H16N2O3. The van der Waals surface area contributed by atoms with Crippen molar-refractivity contribution < 1.29 is 14.3 Å². The molecule has 0 unspecified atom stereocenters. The number of nitrogens with two attached hydrogens (primary N) is 1. The lowest BCUT2D eigenvalue weighted by molar-refractivity contribution is 0.153. The van der Waals surface area contributed by atoms with Crippen molar-refractivity contribution in [1.29, 1.82) is 0 Å². The summed E-state index contributed by atoms with van der Waals surface area (Å²) >= 11 is 0. The second-order valence-corrected chi connectivity index (χ2v) is 3.80. The number of hydrogen-bond donors (Lipinski definition) is 1. The highest BCUT2D eigenvalue weighted by Gasteiger charge is 2.21. The lowest BCUT2D eigenvalue weighted by atomic mass is 10.2. The number of cyclic esters (lactones) is 1. The van der Waals surface area contributed by atoms with Crippen molar-refractivity contribution in [2.75, 3.05) is 26.3 Å². The van der Waals surface area contributed by atoms with Gasteiger partial charge in [0.2, 0.25) is 0 Å². The molecule has 5 heteroatoms. The topological polar surface area (TPSA) is 64.8 Å². The number of carbonyl (C=O) groups is 1. The van der Waals surface area contributed by atoms with Crippen molar-refractivity contribution in [1.82, 2.24) is 4.90 Å². The van der Waals surface area contributed by atoms with Crippen LogP contribution in [0, 0.1) is 0 Å². The maximum atomic E-state index is 11.1. The van der Waals surface area contributed by atoms with Crippen LogP contribution in [0.25, 0.3) is 0 Å². The molecule has 92 valence electrons. The van der Waals surface area contributed by atoms with Gasteiger partial charge in [-0.05, 0) is 17.7 Å². The van der Waals surface area contributed by atoms with Gasteiger partial charge >= 0.3 is 6.09 Å². The van der Waals surface area contributed by atoms with E-state index >= 15 is 0 Å². The highest BCUT2D eigenvalue weighted by Crippen LogP contribution is 2.13. The molecule has 1 aliphatic rings. The van der Waals surface area contributed by atoms with Gasteiger partial charge in [0, 0.05) is 6.54 Å². The third kappa shape index (κ3) is 3.10. The summed E-state index contributed by atoms with van der Waals surface area (Å²) in [6, 6.07) is 7.64. The number of amides is 1. The fourth-order valence-corrected chi connectivity index (χ4v) is 1.66. The van der Waals surface area contributed by atoms with Crippen molar-refractivity contribution in [2.24, 2.45) is 5.73 Å². The van der Waals surface area contributed by atoms with Gasteiger partial charge in [0.25, 0.3) is 0 Å². The molecule has 2 N–H and O–H groups in total. The molecule has 0 aromatic heterocycles. The highest BCUT2D eigenvalue weighted by atomic mass is 16.6. The Labute approximate surface area is 100 Å². The van der Waals surface area contributed by atoms with Crippen LogP contribution in [0.1, 0.15) is 5.56 Å². The molecular weight excluding hydrogens is 220 g/mol. The van der Waals surface area contributed by atoms with E-state index in [0.29, 0.717) is 32.8 Å². The normalized spacial score (nSPS) is 14.9. The summed E-state index contributed by atoms with van der Waals surface area (Å²) in [5.74, 6) is 0.778. The van der Waals surface area contributed by atoms with Gasteiger partial charge in [-0.1, -0.05) is 12.1 Å². The van der Waals surface area contributed by atoms with Gasteiger partial charge in [0.15, 0.2) is 0 Å². The fourth-order valence-electron chi connectivity index (χ4n) is 1.66. The van der Waals surface area contributed by atoms with Gasteiger partial charge < -0.3 is 20.1 Å². The standard InChI is InChI=1S/C12H16N2O3/c13-9-10-2-1-3-11(8-10)16-6-4-14-5-7-17-12(14)15/h1-3,8H,4-7,9,13H2. The molecule has 0 saturated carbocycles. The summed E-state index contributed by atoms with van der Waals surface area (Å²) < 4.78 is 10.4. The average Bonchev–Trinajstić information content (AvgIpc) is 2.76. The quantitative estimate of drug-likeness (QED) is 0.827. The number of benzene rings is 1. The van der Waals surface area contributed by atoms with Gasteiger partial charge in [-0.25, -0.2) is 4.79 Å². The number of rotatable bonds is 5. The lowest BCUT2D eigenvalue weighted by Crippen LogP contribution is -2.29. The van der Waals surface area contributed by atoms with Gasteiger partial charge in [0.1, 0.15) is 19.0 Å². The molecule has 5 nitrogen and oxygen atoms in total. The van der Waals surface area contributed by atoms with E-state index in [1.807, 2.05) is 24.3 Å². The number of nitrogens with zero attached hydrogens (tertiary/aromatic N) is 1.